The van der Waals surface area contributed by atoms with Gasteiger partial charge in [-0.2, -0.15) is 0 Å². The molecule has 1 amide bonds. The molecule has 2 rings (SSSR count). The Labute approximate surface area is 131 Å². The summed E-state index contributed by atoms with van der Waals surface area (Å²) in [5.74, 6) is 0.786. The maximum absolute atomic E-state index is 11.5. The lowest BCUT2D eigenvalue weighted by Crippen LogP contribution is -2.29. The monoisotopic (exact) mass is 298 g/mol. The summed E-state index contributed by atoms with van der Waals surface area (Å²) in [6.45, 7) is 2.87. The number of carbonyl (C=O) groups excluding carboxylic acids is 1. The lowest BCUT2D eigenvalue weighted by atomic mass is 10.2. The highest BCUT2D eigenvalue weighted by Gasteiger charge is 2.04. The van der Waals surface area contributed by atoms with Crippen LogP contribution in [0.2, 0.25) is 0 Å². The van der Waals surface area contributed by atoms with Crippen molar-refractivity contribution in [3.63, 3.8) is 0 Å². The van der Waals surface area contributed by atoms with Gasteiger partial charge in [0.05, 0.1) is 0 Å². The second-order valence-electron chi connectivity index (χ2n) is 5.38. The Morgan fingerprint density at radius 1 is 1.09 bits per heavy atom. The molecular weight excluding hydrogens is 276 g/mol. The van der Waals surface area contributed by atoms with Crippen molar-refractivity contribution in [2.45, 2.75) is 32.5 Å². The molecular formula is C18H22N2O2. The SMILES string of the molecule is CC(N)CC(=O)NCc1ccc(OCc2ccccc2)cc1. The number of amides is 1. The van der Waals surface area contributed by atoms with Gasteiger partial charge in [-0.25, -0.2) is 0 Å². The summed E-state index contributed by atoms with van der Waals surface area (Å²) in [5.41, 5.74) is 7.75. The van der Waals surface area contributed by atoms with Crippen LogP contribution in [0.3, 0.4) is 0 Å². The van der Waals surface area contributed by atoms with E-state index in [1.165, 1.54) is 0 Å². The molecule has 0 saturated carbocycles. The normalized spacial score (nSPS) is 11.7. The molecule has 0 spiro atoms. The molecule has 0 heterocycles. The smallest absolute Gasteiger partial charge is 0.221 e. The molecule has 2 aromatic rings. The number of hydrogen-bond acceptors (Lipinski definition) is 3. The third kappa shape index (κ3) is 5.58. The van der Waals surface area contributed by atoms with Crippen LogP contribution in [-0.2, 0) is 17.9 Å². The fourth-order valence-electron chi connectivity index (χ4n) is 2.01. The minimum atomic E-state index is -0.117. The summed E-state index contributed by atoms with van der Waals surface area (Å²) in [4.78, 5) is 11.5. The summed E-state index contributed by atoms with van der Waals surface area (Å²) < 4.78 is 5.72. The maximum atomic E-state index is 11.5. The molecule has 0 fully saturated rings. The Hall–Kier alpha value is -2.33. The van der Waals surface area contributed by atoms with Crippen LogP contribution < -0.4 is 15.8 Å². The maximum Gasteiger partial charge on any atom is 0.221 e. The summed E-state index contributed by atoms with van der Waals surface area (Å²) in [6.07, 6.45) is 0.346. The van der Waals surface area contributed by atoms with Gasteiger partial charge in [0.15, 0.2) is 0 Å². The number of ether oxygens (including phenoxy) is 1. The second-order valence-corrected chi connectivity index (χ2v) is 5.38. The summed E-state index contributed by atoms with van der Waals surface area (Å²) in [5, 5.41) is 2.85. The summed E-state index contributed by atoms with van der Waals surface area (Å²) in [7, 11) is 0. The van der Waals surface area contributed by atoms with Gasteiger partial charge in [0, 0.05) is 19.0 Å². The van der Waals surface area contributed by atoms with E-state index in [0.29, 0.717) is 19.6 Å². The molecule has 4 nitrogen and oxygen atoms in total. The molecule has 1 unspecified atom stereocenters. The Morgan fingerprint density at radius 2 is 1.77 bits per heavy atom. The Balaban J connectivity index is 1.79. The lowest BCUT2D eigenvalue weighted by molar-refractivity contribution is -0.121. The number of benzene rings is 2. The van der Waals surface area contributed by atoms with Crippen LogP contribution in [0.4, 0.5) is 0 Å². The zero-order valence-corrected chi connectivity index (χ0v) is 12.8. The van der Waals surface area contributed by atoms with Gasteiger partial charge in [-0.05, 0) is 30.2 Å². The molecule has 116 valence electrons. The van der Waals surface area contributed by atoms with Crippen molar-refractivity contribution >= 4 is 5.91 Å². The molecule has 0 aliphatic rings. The zero-order valence-electron chi connectivity index (χ0n) is 12.8. The molecule has 3 N–H and O–H groups in total. The van der Waals surface area contributed by atoms with Gasteiger partial charge in [0.2, 0.25) is 5.91 Å². The highest BCUT2D eigenvalue weighted by Crippen LogP contribution is 2.14. The third-order valence-corrected chi connectivity index (χ3v) is 3.17. The Morgan fingerprint density at radius 3 is 2.41 bits per heavy atom. The topological polar surface area (TPSA) is 64.4 Å². The minimum Gasteiger partial charge on any atom is -0.489 e. The van der Waals surface area contributed by atoms with Gasteiger partial charge in [0.25, 0.3) is 0 Å². The predicted octanol–water partition coefficient (Wildman–Crippen LogP) is 2.62. The van der Waals surface area contributed by atoms with Gasteiger partial charge in [-0.1, -0.05) is 42.5 Å². The Bertz CT molecular complexity index is 580. The molecule has 1 atom stereocenters. The standard InChI is InChI=1S/C18H22N2O2/c1-14(19)11-18(21)20-12-15-7-9-17(10-8-15)22-13-16-5-3-2-4-6-16/h2-10,14H,11-13,19H2,1H3,(H,20,21). The highest BCUT2D eigenvalue weighted by molar-refractivity contribution is 5.76. The van der Waals surface area contributed by atoms with Crippen molar-refractivity contribution in [1.29, 1.82) is 0 Å². The molecule has 2 aromatic carbocycles. The predicted molar refractivity (Wildman–Crippen MR) is 87.3 cm³/mol. The first-order chi connectivity index (χ1) is 10.6. The van der Waals surface area contributed by atoms with Crippen molar-refractivity contribution in [3.05, 3.63) is 65.7 Å². The van der Waals surface area contributed by atoms with Crippen LogP contribution in [-0.4, -0.2) is 11.9 Å². The van der Waals surface area contributed by atoms with Crippen molar-refractivity contribution in [2.24, 2.45) is 5.73 Å². The molecule has 0 aliphatic carbocycles. The van der Waals surface area contributed by atoms with E-state index >= 15 is 0 Å². The van der Waals surface area contributed by atoms with E-state index in [9.17, 15) is 4.79 Å². The average molecular weight is 298 g/mol. The van der Waals surface area contributed by atoms with Crippen molar-refractivity contribution < 1.29 is 9.53 Å². The van der Waals surface area contributed by atoms with E-state index in [-0.39, 0.29) is 11.9 Å². The quantitative estimate of drug-likeness (QED) is 0.826. The van der Waals surface area contributed by atoms with E-state index < -0.39 is 0 Å². The first kappa shape index (κ1) is 16.0. The molecule has 0 radical (unpaired) electrons. The van der Waals surface area contributed by atoms with Gasteiger partial charge in [0.1, 0.15) is 12.4 Å². The van der Waals surface area contributed by atoms with Crippen LogP contribution >= 0.6 is 0 Å². The zero-order chi connectivity index (χ0) is 15.8. The molecule has 0 saturated heterocycles. The van der Waals surface area contributed by atoms with Gasteiger partial charge in [-0.15, -0.1) is 0 Å². The molecule has 0 aliphatic heterocycles. The average Bonchev–Trinajstić information content (AvgIpc) is 2.52. The molecule has 0 aromatic heterocycles. The van der Waals surface area contributed by atoms with Crippen LogP contribution in [0.25, 0.3) is 0 Å². The van der Waals surface area contributed by atoms with Crippen LogP contribution in [0.15, 0.2) is 54.6 Å². The summed E-state index contributed by atoms with van der Waals surface area (Å²) in [6, 6.07) is 17.6. The highest BCUT2D eigenvalue weighted by atomic mass is 16.5. The number of nitrogens with one attached hydrogen (secondary N) is 1. The van der Waals surface area contributed by atoms with Crippen LogP contribution in [0, 0.1) is 0 Å². The first-order valence-corrected chi connectivity index (χ1v) is 7.41. The van der Waals surface area contributed by atoms with E-state index in [4.69, 9.17) is 10.5 Å². The van der Waals surface area contributed by atoms with Gasteiger partial charge in [-0.3, -0.25) is 4.79 Å². The van der Waals surface area contributed by atoms with E-state index in [1.54, 1.807) is 0 Å². The van der Waals surface area contributed by atoms with Crippen LogP contribution in [0.1, 0.15) is 24.5 Å². The molecule has 22 heavy (non-hydrogen) atoms. The van der Waals surface area contributed by atoms with Crippen LogP contribution in [0.5, 0.6) is 5.75 Å². The van der Waals surface area contributed by atoms with Crippen molar-refractivity contribution in [3.8, 4) is 5.75 Å². The van der Waals surface area contributed by atoms with Gasteiger partial charge >= 0.3 is 0 Å². The Kier molecular flexibility index (Phi) is 5.98. The van der Waals surface area contributed by atoms with E-state index in [1.807, 2.05) is 61.5 Å². The third-order valence-electron chi connectivity index (χ3n) is 3.17. The molecule has 4 heteroatoms. The number of carbonyl (C=O) groups is 1. The van der Waals surface area contributed by atoms with Crippen molar-refractivity contribution in [2.75, 3.05) is 0 Å². The van der Waals surface area contributed by atoms with Crippen molar-refractivity contribution in [1.82, 2.24) is 5.32 Å². The second kappa shape index (κ2) is 8.20. The fraction of sp³-hybridized carbons (Fsp3) is 0.278. The lowest BCUT2D eigenvalue weighted by Gasteiger charge is -2.09. The minimum absolute atomic E-state index is 0.0283. The number of rotatable bonds is 7. The molecule has 0 bridgehead atoms. The van der Waals surface area contributed by atoms with Gasteiger partial charge < -0.3 is 15.8 Å². The first-order valence-electron chi connectivity index (χ1n) is 7.41. The fourth-order valence-corrected chi connectivity index (χ4v) is 2.01. The number of hydrogen-bond donors (Lipinski definition) is 2. The largest absolute Gasteiger partial charge is 0.489 e. The summed E-state index contributed by atoms with van der Waals surface area (Å²) >= 11 is 0. The van der Waals surface area contributed by atoms with E-state index in [0.717, 1.165) is 16.9 Å². The van der Waals surface area contributed by atoms with E-state index in [2.05, 4.69) is 5.32 Å². The number of nitrogens with two attached hydrogens (primary N) is 1.